The lowest BCUT2D eigenvalue weighted by Gasteiger charge is -2.18. The molecule has 0 bridgehead atoms. The third kappa shape index (κ3) is 23.3. The highest BCUT2D eigenvalue weighted by Gasteiger charge is 2.12. The zero-order chi connectivity index (χ0) is 24.6. The lowest BCUT2D eigenvalue weighted by Crippen LogP contribution is -2.41. The van der Waals surface area contributed by atoms with E-state index >= 15 is 0 Å². The quantitative estimate of drug-likeness (QED) is 0.139. The molecule has 0 aromatic carbocycles. The van der Waals surface area contributed by atoms with Crippen molar-refractivity contribution in [3.63, 3.8) is 0 Å². The molecule has 0 aromatic rings. The molecule has 0 heterocycles. The molecule has 1 atom stereocenters. The van der Waals surface area contributed by atoms with Crippen LogP contribution in [0.2, 0.25) is 19.0 Å². The van der Waals surface area contributed by atoms with Gasteiger partial charge in [-0.1, -0.05) is 25.9 Å². The van der Waals surface area contributed by atoms with Crippen LogP contribution in [0.3, 0.4) is 0 Å². The zero-order valence-electron chi connectivity index (χ0n) is 20.2. The summed E-state index contributed by atoms with van der Waals surface area (Å²) in [6.45, 7) is 7.22. The molecule has 0 aliphatic carbocycles. The average Bonchev–Trinajstić information content (AvgIpc) is 2.78. The van der Waals surface area contributed by atoms with E-state index in [0.29, 0.717) is 45.8 Å². The number of nitrogens with one attached hydrogen (secondary N) is 3. The number of ether oxygens (including phenoxy) is 4. The fraction of sp³-hybridized carbons (Fsp3) is 0.857. The highest BCUT2D eigenvalue weighted by Crippen LogP contribution is 1.94. The lowest BCUT2D eigenvalue weighted by atomic mass is 9.72. The number of rotatable bonds is 23. The molecular weight excluding hydrogens is 428 g/mol. The molecule has 0 spiro atoms. The third-order valence-corrected chi connectivity index (χ3v) is 4.15. The van der Waals surface area contributed by atoms with E-state index in [-0.39, 0.29) is 63.0 Å². The van der Waals surface area contributed by atoms with Crippen LogP contribution in [0.25, 0.3) is 0 Å². The molecule has 0 aromatic heterocycles. The fourth-order valence-electron chi connectivity index (χ4n) is 2.56. The Morgan fingerprint density at radius 3 is 1.85 bits per heavy atom. The van der Waals surface area contributed by atoms with E-state index in [1.807, 2.05) is 0 Å². The van der Waals surface area contributed by atoms with Crippen LogP contribution in [-0.4, -0.2) is 105 Å². The second kappa shape index (κ2) is 23.5. The maximum atomic E-state index is 11.8. The molecule has 0 rings (SSSR count). The van der Waals surface area contributed by atoms with Crippen molar-refractivity contribution >= 4 is 32.8 Å². The summed E-state index contributed by atoms with van der Waals surface area (Å²) in [5.41, 5.74) is 0. The van der Waals surface area contributed by atoms with E-state index in [1.54, 1.807) is 0 Å². The minimum Gasteiger partial charge on any atom is -0.380 e. The summed E-state index contributed by atoms with van der Waals surface area (Å²) in [6, 6.07) is -0.369. The van der Waals surface area contributed by atoms with E-state index in [9.17, 15) is 14.4 Å². The van der Waals surface area contributed by atoms with Crippen molar-refractivity contribution in [1.29, 1.82) is 0 Å². The monoisotopic (exact) mass is 468 g/mol. The second-order valence-corrected chi connectivity index (χ2v) is 7.25. The van der Waals surface area contributed by atoms with E-state index < -0.39 is 0 Å². The van der Waals surface area contributed by atoms with Crippen molar-refractivity contribution in [2.45, 2.75) is 51.7 Å². The van der Waals surface area contributed by atoms with Gasteiger partial charge < -0.3 is 34.9 Å². The first-order valence-corrected chi connectivity index (χ1v) is 11.6. The van der Waals surface area contributed by atoms with E-state index in [0.717, 1.165) is 12.6 Å². The summed E-state index contributed by atoms with van der Waals surface area (Å²) >= 11 is 0. The Kier molecular flexibility index (Phi) is 22.4. The first-order valence-electron chi connectivity index (χ1n) is 11.6. The lowest BCUT2D eigenvalue weighted by molar-refractivity contribution is -0.124. The van der Waals surface area contributed by atoms with Crippen LogP contribution in [-0.2, 0) is 33.3 Å². The van der Waals surface area contributed by atoms with Crippen molar-refractivity contribution in [3.05, 3.63) is 0 Å². The van der Waals surface area contributed by atoms with Crippen molar-refractivity contribution in [3.8, 4) is 0 Å². The highest BCUT2D eigenvalue weighted by molar-refractivity contribution is 6.35. The SMILES string of the molecule is [B]CCOCCNC(=O)CCOCC(COCCC(=O)NCCOCC[B]CC)NC(C)=O. The maximum absolute atomic E-state index is 11.8. The van der Waals surface area contributed by atoms with E-state index in [2.05, 4.69) is 30.2 Å². The van der Waals surface area contributed by atoms with Gasteiger partial charge in [0.05, 0.1) is 53.5 Å². The fourth-order valence-corrected chi connectivity index (χ4v) is 2.56. The van der Waals surface area contributed by atoms with Crippen LogP contribution in [0.5, 0.6) is 0 Å². The molecule has 1 unspecified atom stereocenters. The first kappa shape index (κ1) is 31.4. The molecule has 0 fully saturated rings. The zero-order valence-corrected chi connectivity index (χ0v) is 20.2. The van der Waals surface area contributed by atoms with Gasteiger partial charge in [0.25, 0.3) is 0 Å². The molecule has 0 saturated heterocycles. The summed E-state index contributed by atoms with van der Waals surface area (Å²) in [5, 5.41) is 8.23. The Morgan fingerprint density at radius 2 is 1.36 bits per heavy atom. The van der Waals surface area contributed by atoms with Gasteiger partial charge in [0.2, 0.25) is 17.7 Å². The molecule has 10 nitrogen and oxygen atoms in total. The molecule has 0 aliphatic rings. The molecule has 3 N–H and O–H groups in total. The van der Waals surface area contributed by atoms with Gasteiger partial charge in [0.1, 0.15) is 7.28 Å². The highest BCUT2D eigenvalue weighted by atomic mass is 16.5. The predicted molar refractivity (Wildman–Crippen MR) is 128 cm³/mol. The van der Waals surface area contributed by atoms with Crippen molar-refractivity contribution in [2.75, 3.05) is 65.9 Å². The second-order valence-electron chi connectivity index (χ2n) is 7.25. The first-order chi connectivity index (χ1) is 16.0. The van der Waals surface area contributed by atoms with E-state index in [1.165, 1.54) is 6.92 Å². The summed E-state index contributed by atoms with van der Waals surface area (Å²) in [4.78, 5) is 34.9. The number of carbonyl (C=O) groups is 3. The predicted octanol–water partition coefficient (Wildman–Crippen LogP) is -0.282. The molecule has 3 amide bonds. The smallest absolute Gasteiger partial charge is 0.222 e. The van der Waals surface area contributed by atoms with Crippen molar-refractivity contribution in [2.24, 2.45) is 0 Å². The van der Waals surface area contributed by atoms with Gasteiger partial charge >= 0.3 is 0 Å². The van der Waals surface area contributed by atoms with Crippen molar-refractivity contribution in [1.82, 2.24) is 16.0 Å². The van der Waals surface area contributed by atoms with E-state index in [4.69, 9.17) is 26.8 Å². The van der Waals surface area contributed by atoms with Gasteiger partial charge in [-0.15, -0.1) is 0 Å². The Hall–Kier alpha value is -1.62. The summed E-state index contributed by atoms with van der Waals surface area (Å²) in [5.74, 6) is -0.475. The molecule has 3 radical (unpaired) electrons. The molecule has 33 heavy (non-hydrogen) atoms. The minimum absolute atomic E-state index is 0.120. The number of carbonyl (C=O) groups excluding carboxylic acids is 3. The number of hydrogen-bond acceptors (Lipinski definition) is 7. The number of amides is 3. The summed E-state index contributed by atoms with van der Waals surface area (Å²) in [6.07, 6.45) is 2.80. The Balaban J connectivity index is 3.82. The normalized spacial score (nSPS) is 11.6. The van der Waals surface area contributed by atoms with Gasteiger partial charge in [0, 0.05) is 46.1 Å². The molecule has 0 saturated carbocycles. The van der Waals surface area contributed by atoms with Crippen LogP contribution in [0.15, 0.2) is 0 Å². The molecule has 187 valence electrons. The Bertz CT molecular complexity index is 516. The largest absolute Gasteiger partial charge is 0.380 e. The van der Waals surface area contributed by atoms with Gasteiger partial charge in [0.15, 0.2) is 0 Å². The van der Waals surface area contributed by atoms with Crippen LogP contribution < -0.4 is 16.0 Å². The topological polar surface area (TPSA) is 124 Å². The summed E-state index contributed by atoms with van der Waals surface area (Å²) in [7, 11) is 7.46. The van der Waals surface area contributed by atoms with Gasteiger partial charge in [-0.2, -0.15) is 0 Å². The standard InChI is InChI=1S/C21H40B2N3O7/c1-3-23-7-13-31-15-9-25-21(29)5-11-33-17-19(26-18(2)27)16-32-10-4-20(28)24-8-14-30-12-6-22/h19H,3-17H2,1-2H3,(H,24,28)(H,25,29)(H,26,27). The van der Waals surface area contributed by atoms with Gasteiger partial charge in [-0.05, 0) is 0 Å². The third-order valence-electron chi connectivity index (χ3n) is 4.15. The van der Waals surface area contributed by atoms with Crippen LogP contribution in [0, 0.1) is 0 Å². The van der Waals surface area contributed by atoms with Crippen LogP contribution in [0.4, 0.5) is 0 Å². The van der Waals surface area contributed by atoms with Crippen LogP contribution in [0.1, 0.15) is 26.7 Å². The van der Waals surface area contributed by atoms with Gasteiger partial charge in [-0.3, -0.25) is 14.4 Å². The molecular formula is C21H40B2N3O7. The minimum atomic E-state index is -0.369. The average molecular weight is 468 g/mol. The molecule has 0 aliphatic heterocycles. The summed E-state index contributed by atoms with van der Waals surface area (Å²) < 4.78 is 21.6. The Morgan fingerprint density at radius 1 is 0.818 bits per heavy atom. The van der Waals surface area contributed by atoms with Crippen molar-refractivity contribution < 1.29 is 33.3 Å². The maximum Gasteiger partial charge on any atom is 0.222 e. The Labute approximate surface area is 200 Å². The molecule has 12 heteroatoms. The van der Waals surface area contributed by atoms with Crippen LogP contribution >= 0.6 is 0 Å². The number of hydrogen-bond donors (Lipinski definition) is 3. The van der Waals surface area contributed by atoms with Gasteiger partial charge in [-0.25, -0.2) is 0 Å².